The van der Waals surface area contributed by atoms with Gasteiger partial charge < -0.3 is 15.5 Å². The van der Waals surface area contributed by atoms with E-state index in [0.29, 0.717) is 18.1 Å². The smallest absolute Gasteiger partial charge is 0.254 e. The molecule has 1 heterocycles. The van der Waals surface area contributed by atoms with Crippen LogP contribution in [0.25, 0.3) is 0 Å². The Balaban J connectivity index is 1.52. The molecule has 0 saturated heterocycles. The summed E-state index contributed by atoms with van der Waals surface area (Å²) in [5.41, 5.74) is 3.63. The Kier molecular flexibility index (Phi) is 5.99. The van der Waals surface area contributed by atoms with Crippen molar-refractivity contribution < 1.29 is 4.79 Å². The van der Waals surface area contributed by atoms with E-state index in [1.165, 1.54) is 18.0 Å². The zero-order valence-electron chi connectivity index (χ0n) is 15.5. The average Bonchev–Trinajstić information content (AvgIpc) is 2.70. The maximum Gasteiger partial charge on any atom is 0.254 e. The number of nitrogens with zero attached hydrogens (tertiary/aromatic N) is 3. The summed E-state index contributed by atoms with van der Waals surface area (Å²) in [7, 11) is 3.99. The Bertz CT molecular complexity index is 861. The molecule has 0 spiro atoms. The maximum absolute atomic E-state index is 12.2. The van der Waals surface area contributed by atoms with Crippen LogP contribution in [0, 0.1) is 0 Å². The number of anilines is 3. The third-order valence-electron chi connectivity index (χ3n) is 4.10. The van der Waals surface area contributed by atoms with Crippen LogP contribution in [0.4, 0.5) is 17.3 Å². The number of hydrogen-bond acceptors (Lipinski definition) is 5. The van der Waals surface area contributed by atoms with E-state index in [2.05, 4.69) is 20.6 Å². The van der Waals surface area contributed by atoms with Crippen molar-refractivity contribution in [3.05, 3.63) is 78.1 Å². The van der Waals surface area contributed by atoms with Gasteiger partial charge in [-0.1, -0.05) is 30.3 Å². The van der Waals surface area contributed by atoms with Crippen molar-refractivity contribution >= 4 is 23.2 Å². The molecule has 0 atom stereocenters. The lowest BCUT2D eigenvalue weighted by atomic mass is 10.1. The number of amides is 1. The fourth-order valence-corrected chi connectivity index (χ4v) is 2.55. The molecule has 1 amide bonds. The van der Waals surface area contributed by atoms with Crippen LogP contribution in [0.15, 0.2) is 67.0 Å². The fourth-order valence-electron chi connectivity index (χ4n) is 2.55. The Morgan fingerprint density at radius 1 is 0.963 bits per heavy atom. The SMILES string of the molecule is CN(C)c1ccc(Nc2ncc(C(=O)NCCc3ccccc3)cn2)cc1. The van der Waals surface area contributed by atoms with Crippen LogP contribution in [0.2, 0.25) is 0 Å². The van der Waals surface area contributed by atoms with Crippen LogP contribution in [-0.4, -0.2) is 36.5 Å². The molecule has 0 radical (unpaired) electrons. The summed E-state index contributed by atoms with van der Waals surface area (Å²) in [6.45, 7) is 0.571. The largest absolute Gasteiger partial charge is 0.378 e. The van der Waals surface area contributed by atoms with Gasteiger partial charge in [0.1, 0.15) is 0 Å². The lowest BCUT2D eigenvalue weighted by Gasteiger charge is -2.13. The van der Waals surface area contributed by atoms with E-state index in [1.54, 1.807) is 0 Å². The molecule has 6 heteroatoms. The van der Waals surface area contributed by atoms with Gasteiger partial charge >= 0.3 is 0 Å². The van der Waals surface area contributed by atoms with Gasteiger partial charge in [-0.25, -0.2) is 9.97 Å². The van der Waals surface area contributed by atoms with Gasteiger partial charge in [0.2, 0.25) is 5.95 Å². The van der Waals surface area contributed by atoms with Gasteiger partial charge in [-0.3, -0.25) is 4.79 Å². The second-order valence-electron chi connectivity index (χ2n) is 6.35. The standard InChI is InChI=1S/C21H23N5O/c1-26(2)19-10-8-18(9-11-19)25-21-23-14-17(15-24-21)20(27)22-13-12-16-6-4-3-5-7-16/h3-11,14-15H,12-13H2,1-2H3,(H,22,27)(H,23,24,25). The molecule has 3 rings (SSSR count). The number of nitrogens with one attached hydrogen (secondary N) is 2. The van der Waals surface area contributed by atoms with E-state index >= 15 is 0 Å². The van der Waals surface area contributed by atoms with Crippen LogP contribution in [-0.2, 0) is 6.42 Å². The van der Waals surface area contributed by atoms with Gasteiger partial charge in [0, 0.05) is 44.4 Å². The van der Waals surface area contributed by atoms with Gasteiger partial charge in [-0.2, -0.15) is 0 Å². The number of hydrogen-bond donors (Lipinski definition) is 2. The number of aromatic nitrogens is 2. The van der Waals surface area contributed by atoms with E-state index < -0.39 is 0 Å². The molecule has 0 saturated carbocycles. The van der Waals surface area contributed by atoms with Gasteiger partial charge in [0.25, 0.3) is 5.91 Å². The first-order valence-electron chi connectivity index (χ1n) is 8.80. The van der Waals surface area contributed by atoms with Crippen LogP contribution in [0.5, 0.6) is 0 Å². The minimum absolute atomic E-state index is 0.173. The highest BCUT2D eigenvalue weighted by atomic mass is 16.1. The first-order chi connectivity index (χ1) is 13.1. The normalized spacial score (nSPS) is 10.3. The van der Waals surface area contributed by atoms with E-state index in [9.17, 15) is 4.79 Å². The summed E-state index contributed by atoms with van der Waals surface area (Å²) < 4.78 is 0. The molecular weight excluding hydrogens is 338 g/mol. The molecule has 27 heavy (non-hydrogen) atoms. The highest BCUT2D eigenvalue weighted by Crippen LogP contribution is 2.18. The molecule has 138 valence electrons. The van der Waals surface area contributed by atoms with Crippen molar-refractivity contribution in [1.29, 1.82) is 0 Å². The van der Waals surface area contributed by atoms with Gasteiger partial charge in [-0.05, 0) is 36.2 Å². The minimum atomic E-state index is -0.173. The molecule has 6 nitrogen and oxygen atoms in total. The Morgan fingerprint density at radius 2 is 1.63 bits per heavy atom. The molecule has 0 aliphatic rings. The molecule has 0 aliphatic heterocycles. The van der Waals surface area contributed by atoms with Crippen molar-refractivity contribution in [2.24, 2.45) is 0 Å². The first-order valence-corrected chi connectivity index (χ1v) is 8.80. The summed E-state index contributed by atoms with van der Waals surface area (Å²) in [4.78, 5) is 22.7. The number of rotatable bonds is 7. The lowest BCUT2D eigenvalue weighted by Crippen LogP contribution is -2.26. The van der Waals surface area contributed by atoms with E-state index in [4.69, 9.17) is 0 Å². The molecule has 1 aromatic heterocycles. The second-order valence-corrected chi connectivity index (χ2v) is 6.35. The molecule has 0 bridgehead atoms. The molecule has 0 aliphatic carbocycles. The average molecular weight is 361 g/mol. The van der Waals surface area contributed by atoms with Crippen LogP contribution < -0.4 is 15.5 Å². The molecule has 0 unspecified atom stereocenters. The van der Waals surface area contributed by atoms with Crippen LogP contribution in [0.3, 0.4) is 0 Å². The number of carbonyl (C=O) groups excluding carboxylic acids is 1. The zero-order chi connectivity index (χ0) is 19.1. The Labute approximate surface area is 159 Å². The molecule has 2 aromatic carbocycles. The van der Waals surface area contributed by atoms with Gasteiger partial charge in [0.15, 0.2) is 0 Å². The van der Waals surface area contributed by atoms with E-state index in [1.807, 2.05) is 73.6 Å². The lowest BCUT2D eigenvalue weighted by molar-refractivity contribution is 0.0953. The first kappa shape index (κ1) is 18.4. The molecular formula is C21H23N5O. The fraction of sp³-hybridized carbons (Fsp3) is 0.190. The maximum atomic E-state index is 12.2. The van der Waals surface area contributed by atoms with Crippen molar-refractivity contribution in [3.63, 3.8) is 0 Å². The molecule has 2 N–H and O–H groups in total. The predicted octanol–water partition coefficient (Wildman–Crippen LogP) is 3.26. The summed E-state index contributed by atoms with van der Waals surface area (Å²) >= 11 is 0. The Morgan fingerprint density at radius 3 is 2.26 bits per heavy atom. The summed E-state index contributed by atoms with van der Waals surface area (Å²) in [6.07, 6.45) is 3.85. The monoisotopic (exact) mass is 361 g/mol. The second kappa shape index (κ2) is 8.80. The number of benzene rings is 2. The zero-order valence-corrected chi connectivity index (χ0v) is 15.5. The Hall–Kier alpha value is -3.41. The number of carbonyl (C=O) groups is 1. The molecule has 0 fully saturated rings. The van der Waals surface area contributed by atoms with Crippen LogP contribution >= 0.6 is 0 Å². The topological polar surface area (TPSA) is 70.2 Å². The van der Waals surface area contributed by atoms with Gasteiger partial charge in [-0.15, -0.1) is 0 Å². The highest BCUT2D eigenvalue weighted by Gasteiger charge is 2.07. The van der Waals surface area contributed by atoms with E-state index in [-0.39, 0.29) is 5.91 Å². The van der Waals surface area contributed by atoms with Crippen molar-refractivity contribution in [2.75, 3.05) is 30.9 Å². The summed E-state index contributed by atoms with van der Waals surface area (Å²) in [5, 5.41) is 6.02. The highest BCUT2D eigenvalue weighted by molar-refractivity contribution is 5.93. The summed E-state index contributed by atoms with van der Waals surface area (Å²) in [5.74, 6) is 0.279. The van der Waals surface area contributed by atoms with Crippen LogP contribution in [0.1, 0.15) is 15.9 Å². The predicted molar refractivity (Wildman–Crippen MR) is 109 cm³/mol. The summed E-state index contributed by atoms with van der Waals surface area (Å²) in [6, 6.07) is 18.0. The van der Waals surface area contributed by atoms with E-state index in [0.717, 1.165) is 17.8 Å². The van der Waals surface area contributed by atoms with Gasteiger partial charge in [0.05, 0.1) is 5.56 Å². The van der Waals surface area contributed by atoms with Crippen molar-refractivity contribution in [2.45, 2.75) is 6.42 Å². The molecule has 3 aromatic rings. The third kappa shape index (κ3) is 5.28. The minimum Gasteiger partial charge on any atom is -0.378 e. The van der Waals surface area contributed by atoms with Crippen molar-refractivity contribution in [3.8, 4) is 0 Å². The quantitative estimate of drug-likeness (QED) is 0.676. The third-order valence-corrected chi connectivity index (χ3v) is 4.10. The van der Waals surface area contributed by atoms with Crippen molar-refractivity contribution in [1.82, 2.24) is 15.3 Å².